The van der Waals surface area contributed by atoms with Gasteiger partial charge >= 0.3 is 0 Å². The van der Waals surface area contributed by atoms with E-state index < -0.39 is 11.9 Å². The van der Waals surface area contributed by atoms with Crippen LogP contribution in [-0.4, -0.2) is 29.3 Å². The molecule has 15 heavy (non-hydrogen) atoms. The molecule has 2 rings (SSSR count). The Morgan fingerprint density at radius 2 is 2.27 bits per heavy atom. The molecule has 1 aliphatic rings. The third-order valence-electron chi connectivity index (χ3n) is 2.50. The molecule has 1 unspecified atom stereocenters. The number of primary amides is 1. The zero-order valence-corrected chi connectivity index (χ0v) is 7.97. The van der Waals surface area contributed by atoms with Crippen LogP contribution in [0.2, 0.25) is 0 Å². The van der Waals surface area contributed by atoms with Crippen LogP contribution < -0.4 is 11.5 Å². The Bertz CT molecular complexity index is 412. The lowest BCUT2D eigenvalue weighted by molar-refractivity contribution is -0.125. The third-order valence-corrected chi connectivity index (χ3v) is 2.50. The predicted molar refractivity (Wildman–Crippen MR) is 51.8 cm³/mol. The summed E-state index contributed by atoms with van der Waals surface area (Å²) in [4.78, 5) is 24.0. The molecule has 0 saturated carbocycles. The van der Waals surface area contributed by atoms with E-state index in [1.807, 2.05) is 0 Å². The number of rotatable bonds is 2. The molecule has 0 spiro atoms. The number of nitrogens with zero attached hydrogens (tertiary/aromatic N) is 1. The Morgan fingerprint density at radius 1 is 1.53 bits per heavy atom. The summed E-state index contributed by atoms with van der Waals surface area (Å²) < 4.78 is 4.94. The van der Waals surface area contributed by atoms with E-state index in [1.54, 1.807) is 0 Å². The van der Waals surface area contributed by atoms with Gasteiger partial charge < -0.3 is 20.8 Å². The minimum absolute atomic E-state index is 0.0703. The minimum atomic E-state index is -0.526. The van der Waals surface area contributed by atoms with Crippen LogP contribution in [0.4, 0.5) is 5.69 Å². The first-order chi connectivity index (χ1) is 7.11. The fourth-order valence-corrected chi connectivity index (χ4v) is 1.55. The molecule has 4 N–H and O–H groups in total. The zero-order chi connectivity index (χ0) is 11.0. The molecule has 1 aliphatic heterocycles. The number of hydrogen-bond donors (Lipinski definition) is 2. The van der Waals surface area contributed by atoms with Crippen molar-refractivity contribution in [3.63, 3.8) is 0 Å². The average Bonchev–Trinajstić information content (AvgIpc) is 2.47. The number of nitrogens with two attached hydrogens (primary N) is 2. The highest BCUT2D eigenvalue weighted by molar-refractivity contribution is 5.99. The van der Waals surface area contributed by atoms with Crippen LogP contribution >= 0.6 is 0 Å². The average molecular weight is 209 g/mol. The van der Waals surface area contributed by atoms with Gasteiger partial charge in [-0.25, -0.2) is 0 Å². The number of hydrogen-bond acceptors (Lipinski definition) is 4. The van der Waals surface area contributed by atoms with Gasteiger partial charge in [0.25, 0.3) is 5.91 Å². The monoisotopic (exact) mass is 209 g/mol. The van der Waals surface area contributed by atoms with Crippen LogP contribution in [0.25, 0.3) is 0 Å². The molecular weight excluding hydrogens is 198 g/mol. The Morgan fingerprint density at radius 3 is 2.67 bits per heavy atom. The molecule has 0 aliphatic carbocycles. The normalized spacial score (nSPS) is 19.7. The van der Waals surface area contributed by atoms with E-state index in [4.69, 9.17) is 15.9 Å². The Balaban J connectivity index is 2.16. The van der Waals surface area contributed by atoms with Gasteiger partial charge in [0.15, 0.2) is 0 Å². The second kappa shape index (κ2) is 3.30. The van der Waals surface area contributed by atoms with E-state index in [1.165, 1.54) is 17.2 Å². The fourth-order valence-electron chi connectivity index (χ4n) is 1.55. The molecule has 2 amide bonds. The number of amides is 2. The number of carbonyl (C=O) groups excluding carboxylic acids is 2. The molecule has 6 nitrogen and oxygen atoms in total. The second-order valence-electron chi connectivity index (χ2n) is 3.41. The SMILES string of the molecule is NC(=O)C1CCN1C(=O)c1occc1N. The van der Waals surface area contributed by atoms with Crippen molar-refractivity contribution in [2.45, 2.75) is 12.5 Å². The van der Waals surface area contributed by atoms with Crippen molar-refractivity contribution in [3.05, 3.63) is 18.1 Å². The van der Waals surface area contributed by atoms with Crippen LogP contribution in [0, 0.1) is 0 Å². The lowest BCUT2D eigenvalue weighted by Crippen LogP contribution is -2.57. The first kappa shape index (κ1) is 9.57. The molecule has 1 aromatic rings. The molecule has 1 atom stereocenters. The van der Waals surface area contributed by atoms with E-state index in [9.17, 15) is 9.59 Å². The van der Waals surface area contributed by atoms with E-state index in [0.717, 1.165) is 0 Å². The smallest absolute Gasteiger partial charge is 0.292 e. The maximum Gasteiger partial charge on any atom is 0.292 e. The minimum Gasteiger partial charge on any atom is -0.457 e. The Kier molecular flexibility index (Phi) is 2.11. The summed E-state index contributed by atoms with van der Waals surface area (Å²) >= 11 is 0. The first-order valence-electron chi connectivity index (χ1n) is 4.54. The Hall–Kier alpha value is -1.98. The molecule has 0 bridgehead atoms. The maximum atomic E-state index is 11.8. The molecule has 1 aromatic heterocycles. The molecule has 0 radical (unpaired) electrons. The number of furan rings is 1. The number of likely N-dealkylation sites (tertiary alicyclic amines) is 1. The Labute approximate surface area is 85.8 Å². The van der Waals surface area contributed by atoms with Crippen LogP contribution in [-0.2, 0) is 4.79 Å². The van der Waals surface area contributed by atoms with E-state index in [-0.39, 0.29) is 17.4 Å². The van der Waals surface area contributed by atoms with Crippen molar-refractivity contribution in [2.75, 3.05) is 12.3 Å². The van der Waals surface area contributed by atoms with Crippen molar-refractivity contribution in [2.24, 2.45) is 5.73 Å². The van der Waals surface area contributed by atoms with Crippen molar-refractivity contribution in [3.8, 4) is 0 Å². The third kappa shape index (κ3) is 1.43. The van der Waals surface area contributed by atoms with Crippen LogP contribution in [0.5, 0.6) is 0 Å². The van der Waals surface area contributed by atoms with Crippen LogP contribution in [0.1, 0.15) is 17.0 Å². The molecule has 1 saturated heterocycles. The van der Waals surface area contributed by atoms with Crippen LogP contribution in [0.3, 0.4) is 0 Å². The molecule has 6 heteroatoms. The standard InChI is InChI=1S/C9H11N3O3/c10-5-2-4-15-7(5)9(14)12-3-1-6(12)8(11)13/h2,4,6H,1,3,10H2,(H2,11,13). The largest absolute Gasteiger partial charge is 0.457 e. The highest BCUT2D eigenvalue weighted by atomic mass is 16.3. The summed E-state index contributed by atoms with van der Waals surface area (Å²) in [5.74, 6) is -0.812. The van der Waals surface area contributed by atoms with Gasteiger partial charge in [0, 0.05) is 12.6 Å². The summed E-state index contributed by atoms with van der Waals surface area (Å²) in [7, 11) is 0. The summed E-state index contributed by atoms with van der Waals surface area (Å²) in [6, 6.07) is 0.966. The van der Waals surface area contributed by atoms with E-state index in [0.29, 0.717) is 13.0 Å². The van der Waals surface area contributed by atoms with Gasteiger partial charge in [-0.3, -0.25) is 9.59 Å². The molecule has 0 aromatic carbocycles. The first-order valence-corrected chi connectivity index (χ1v) is 4.54. The molecular formula is C9H11N3O3. The van der Waals surface area contributed by atoms with Gasteiger partial charge in [-0.15, -0.1) is 0 Å². The highest BCUT2D eigenvalue weighted by Gasteiger charge is 2.38. The van der Waals surface area contributed by atoms with Gasteiger partial charge in [0.05, 0.1) is 12.0 Å². The van der Waals surface area contributed by atoms with Crippen LogP contribution in [0.15, 0.2) is 16.7 Å². The number of nitrogen functional groups attached to an aromatic ring is 1. The topological polar surface area (TPSA) is 103 Å². The van der Waals surface area contributed by atoms with Gasteiger partial charge in [0.1, 0.15) is 6.04 Å². The summed E-state index contributed by atoms with van der Waals surface area (Å²) in [6.07, 6.45) is 1.93. The molecule has 1 fully saturated rings. The zero-order valence-electron chi connectivity index (χ0n) is 7.97. The van der Waals surface area contributed by atoms with Crippen molar-refractivity contribution in [1.82, 2.24) is 4.90 Å². The van der Waals surface area contributed by atoms with Gasteiger partial charge in [0.2, 0.25) is 11.7 Å². The van der Waals surface area contributed by atoms with Crippen molar-refractivity contribution in [1.29, 1.82) is 0 Å². The summed E-state index contributed by atoms with van der Waals surface area (Å²) in [6.45, 7) is 0.507. The van der Waals surface area contributed by atoms with Gasteiger partial charge in [-0.2, -0.15) is 0 Å². The molecule has 2 heterocycles. The summed E-state index contributed by atoms with van der Waals surface area (Å²) in [5.41, 5.74) is 10.9. The summed E-state index contributed by atoms with van der Waals surface area (Å²) in [5, 5.41) is 0. The lowest BCUT2D eigenvalue weighted by Gasteiger charge is -2.38. The van der Waals surface area contributed by atoms with Gasteiger partial charge in [-0.1, -0.05) is 0 Å². The van der Waals surface area contributed by atoms with Crippen molar-refractivity contribution >= 4 is 17.5 Å². The number of anilines is 1. The second-order valence-corrected chi connectivity index (χ2v) is 3.41. The maximum absolute atomic E-state index is 11.8. The van der Waals surface area contributed by atoms with E-state index >= 15 is 0 Å². The van der Waals surface area contributed by atoms with Gasteiger partial charge in [-0.05, 0) is 6.42 Å². The highest BCUT2D eigenvalue weighted by Crippen LogP contribution is 2.23. The molecule has 80 valence electrons. The fraction of sp³-hybridized carbons (Fsp3) is 0.333. The number of carbonyl (C=O) groups is 2. The lowest BCUT2D eigenvalue weighted by atomic mass is 10.0. The quantitative estimate of drug-likeness (QED) is 0.689. The predicted octanol–water partition coefficient (Wildman–Crippen LogP) is -0.438. The van der Waals surface area contributed by atoms with E-state index in [2.05, 4.69) is 0 Å². The van der Waals surface area contributed by atoms with Crippen molar-refractivity contribution < 1.29 is 14.0 Å².